The van der Waals surface area contributed by atoms with E-state index in [0.29, 0.717) is 16.3 Å². The van der Waals surface area contributed by atoms with E-state index < -0.39 is 33.2 Å². The van der Waals surface area contributed by atoms with Crippen molar-refractivity contribution in [1.82, 2.24) is 10.3 Å². The summed E-state index contributed by atoms with van der Waals surface area (Å²) in [5, 5.41) is 4.73. The molecule has 0 aliphatic carbocycles. The van der Waals surface area contributed by atoms with Crippen molar-refractivity contribution < 1.29 is 27.1 Å². The summed E-state index contributed by atoms with van der Waals surface area (Å²) in [4.78, 5) is 28.8. The largest absolute Gasteiger partial charge is 0.439 e. The van der Waals surface area contributed by atoms with Crippen LogP contribution in [0.15, 0.2) is 88.8 Å². The molecule has 3 amide bonds. The fourth-order valence-corrected chi connectivity index (χ4v) is 4.96. The van der Waals surface area contributed by atoms with Gasteiger partial charge in [0.2, 0.25) is 15.7 Å². The number of carbonyl (C=O) groups is 2. The van der Waals surface area contributed by atoms with Crippen molar-refractivity contribution in [3.63, 3.8) is 0 Å². The first-order valence-corrected chi connectivity index (χ1v) is 13.1. The predicted molar refractivity (Wildman–Crippen MR) is 140 cm³/mol. The normalized spacial score (nSPS) is 11.1. The summed E-state index contributed by atoms with van der Waals surface area (Å²) in [6.07, 6.45) is 1.29. The zero-order valence-electron chi connectivity index (χ0n) is 19.5. The molecule has 0 fully saturated rings. The third-order valence-corrected chi connectivity index (χ3v) is 7.53. The summed E-state index contributed by atoms with van der Waals surface area (Å²) in [7, 11) is -3.73. The molecule has 12 heteroatoms. The monoisotopic (exact) mass is 573 g/mol. The molecule has 0 saturated carbocycles. The number of nitrogens with zero attached hydrogens (tertiary/aromatic N) is 1. The van der Waals surface area contributed by atoms with Crippen LogP contribution in [0.5, 0.6) is 11.6 Å². The van der Waals surface area contributed by atoms with E-state index in [1.54, 1.807) is 13.0 Å². The molecular weight excluding hydrogens is 556 g/mol. The van der Waals surface area contributed by atoms with Crippen molar-refractivity contribution in [2.45, 2.75) is 16.7 Å². The molecular formula is C26H18Cl2FN3O5S. The lowest BCUT2D eigenvalue weighted by Gasteiger charge is -2.11. The first-order valence-electron chi connectivity index (χ1n) is 10.9. The first kappa shape index (κ1) is 27.1. The Bertz CT molecular complexity index is 1610. The summed E-state index contributed by atoms with van der Waals surface area (Å²) in [6.45, 7) is 1.68. The molecule has 0 bridgehead atoms. The SMILES string of the molecule is Cc1cc(NC(=O)NC(=O)c2c(F)cccc2Cl)cnc1Oc1ccc(S(=O)(=O)c2ccc(Cl)cc2)cc1. The van der Waals surface area contributed by atoms with E-state index >= 15 is 0 Å². The number of sulfone groups is 1. The topological polar surface area (TPSA) is 114 Å². The molecule has 0 saturated heterocycles. The number of carbonyl (C=O) groups excluding carboxylic acids is 2. The van der Waals surface area contributed by atoms with Gasteiger partial charge in [0.05, 0.1) is 32.3 Å². The van der Waals surface area contributed by atoms with Crippen molar-refractivity contribution in [2.75, 3.05) is 5.32 Å². The van der Waals surface area contributed by atoms with E-state index in [1.807, 2.05) is 5.32 Å². The van der Waals surface area contributed by atoms with Gasteiger partial charge in [-0.1, -0.05) is 29.3 Å². The van der Waals surface area contributed by atoms with Gasteiger partial charge < -0.3 is 10.1 Å². The molecule has 38 heavy (non-hydrogen) atoms. The van der Waals surface area contributed by atoms with Crippen LogP contribution in [0, 0.1) is 12.7 Å². The Morgan fingerprint density at radius 3 is 2.18 bits per heavy atom. The third-order valence-electron chi connectivity index (χ3n) is 5.18. The number of ether oxygens (including phenoxy) is 1. The Balaban J connectivity index is 1.41. The Hall–Kier alpha value is -3.99. The quantitative estimate of drug-likeness (QED) is 0.275. The van der Waals surface area contributed by atoms with E-state index in [2.05, 4.69) is 10.3 Å². The van der Waals surface area contributed by atoms with Gasteiger partial charge in [0.25, 0.3) is 5.91 Å². The second kappa shape index (κ2) is 11.2. The number of aromatic nitrogens is 1. The van der Waals surface area contributed by atoms with Crippen LogP contribution in [-0.2, 0) is 9.84 Å². The lowest BCUT2D eigenvalue weighted by molar-refractivity contribution is 0.0963. The maximum absolute atomic E-state index is 13.9. The van der Waals surface area contributed by atoms with Crippen LogP contribution < -0.4 is 15.4 Å². The number of pyridine rings is 1. The van der Waals surface area contributed by atoms with E-state index in [-0.39, 0.29) is 26.4 Å². The molecule has 3 aromatic carbocycles. The highest BCUT2D eigenvalue weighted by Crippen LogP contribution is 2.28. The van der Waals surface area contributed by atoms with Crippen molar-refractivity contribution in [3.8, 4) is 11.6 Å². The molecule has 2 N–H and O–H groups in total. The standard InChI is InChI=1S/C26H18Cl2FN3O5S/c1-15-13-17(31-26(34)32-24(33)23-21(28)3-2-4-22(23)29)14-30-25(15)37-18-7-11-20(12-8-18)38(35,36)19-9-5-16(27)6-10-19/h2-14H,1H3,(H2,31,32,33,34). The highest BCUT2D eigenvalue weighted by atomic mass is 35.5. The van der Waals surface area contributed by atoms with Gasteiger partial charge in [-0.15, -0.1) is 0 Å². The van der Waals surface area contributed by atoms with E-state index in [0.717, 1.165) is 6.07 Å². The Kier molecular flexibility index (Phi) is 7.96. The van der Waals surface area contributed by atoms with Crippen LogP contribution in [0.25, 0.3) is 0 Å². The average molecular weight is 574 g/mol. The molecule has 194 valence electrons. The molecule has 8 nitrogen and oxygen atoms in total. The minimum atomic E-state index is -3.73. The lowest BCUT2D eigenvalue weighted by atomic mass is 10.2. The van der Waals surface area contributed by atoms with Gasteiger partial charge >= 0.3 is 6.03 Å². The molecule has 0 radical (unpaired) electrons. The summed E-state index contributed by atoms with van der Waals surface area (Å²) in [5.74, 6) is -1.32. The second-order valence-corrected chi connectivity index (χ2v) is 10.7. The summed E-state index contributed by atoms with van der Waals surface area (Å²) < 4.78 is 45.2. The van der Waals surface area contributed by atoms with Crippen LogP contribution in [-0.4, -0.2) is 25.3 Å². The van der Waals surface area contributed by atoms with Gasteiger partial charge in [-0.3, -0.25) is 10.1 Å². The number of amides is 3. The van der Waals surface area contributed by atoms with E-state index in [4.69, 9.17) is 27.9 Å². The first-order chi connectivity index (χ1) is 18.0. The number of anilines is 1. The molecule has 0 atom stereocenters. The summed E-state index contributed by atoms with van der Waals surface area (Å²) in [6, 6.07) is 16.0. The van der Waals surface area contributed by atoms with Gasteiger partial charge in [0.1, 0.15) is 11.6 Å². The zero-order valence-corrected chi connectivity index (χ0v) is 21.9. The van der Waals surface area contributed by atoms with Gasteiger partial charge in [-0.25, -0.2) is 22.6 Å². The lowest BCUT2D eigenvalue weighted by Crippen LogP contribution is -2.35. The number of hydrogen-bond donors (Lipinski definition) is 2. The number of imide groups is 1. The van der Waals surface area contributed by atoms with Crippen molar-refractivity contribution in [2.24, 2.45) is 0 Å². The average Bonchev–Trinajstić information content (AvgIpc) is 2.86. The minimum absolute atomic E-state index is 0.0774. The molecule has 0 aliphatic rings. The maximum atomic E-state index is 13.9. The van der Waals surface area contributed by atoms with Crippen LogP contribution >= 0.6 is 23.2 Å². The number of hydrogen-bond acceptors (Lipinski definition) is 6. The number of halogens is 3. The Morgan fingerprint density at radius 1 is 0.947 bits per heavy atom. The minimum Gasteiger partial charge on any atom is -0.439 e. The van der Waals surface area contributed by atoms with Crippen LogP contribution in [0.1, 0.15) is 15.9 Å². The van der Waals surface area contributed by atoms with Crippen LogP contribution in [0.3, 0.4) is 0 Å². The van der Waals surface area contributed by atoms with E-state index in [9.17, 15) is 22.4 Å². The third kappa shape index (κ3) is 6.10. The highest BCUT2D eigenvalue weighted by Gasteiger charge is 2.19. The van der Waals surface area contributed by atoms with Crippen molar-refractivity contribution >= 4 is 50.7 Å². The second-order valence-electron chi connectivity index (χ2n) is 7.88. The number of urea groups is 1. The maximum Gasteiger partial charge on any atom is 0.326 e. The molecule has 0 unspecified atom stereocenters. The molecule has 4 aromatic rings. The van der Waals surface area contributed by atoms with Gasteiger partial charge in [0, 0.05) is 10.6 Å². The molecule has 0 aliphatic heterocycles. The van der Waals surface area contributed by atoms with Crippen molar-refractivity contribution in [3.05, 3.63) is 106 Å². The van der Waals surface area contributed by atoms with Gasteiger partial charge in [0.15, 0.2) is 0 Å². The number of rotatable bonds is 6. The summed E-state index contributed by atoms with van der Waals surface area (Å²) >= 11 is 11.7. The molecule has 4 rings (SSSR count). The zero-order chi connectivity index (χ0) is 27.4. The smallest absolute Gasteiger partial charge is 0.326 e. The molecule has 1 aromatic heterocycles. The predicted octanol–water partition coefficient (Wildman–Crippen LogP) is 6.42. The highest BCUT2D eigenvalue weighted by molar-refractivity contribution is 7.91. The summed E-state index contributed by atoms with van der Waals surface area (Å²) in [5.41, 5.74) is 0.322. The van der Waals surface area contributed by atoms with E-state index in [1.165, 1.54) is 66.9 Å². The Labute approximate surface area is 227 Å². The van der Waals surface area contributed by atoms with Crippen LogP contribution in [0.4, 0.5) is 14.9 Å². The molecule has 1 heterocycles. The molecule has 0 spiro atoms. The van der Waals surface area contributed by atoms with Gasteiger partial charge in [-0.05, 0) is 73.7 Å². The fraction of sp³-hybridized carbons (Fsp3) is 0.0385. The van der Waals surface area contributed by atoms with Crippen molar-refractivity contribution in [1.29, 1.82) is 0 Å². The van der Waals surface area contributed by atoms with Gasteiger partial charge in [-0.2, -0.15) is 0 Å². The fourth-order valence-electron chi connectivity index (χ4n) is 3.33. The number of benzene rings is 3. The number of nitrogens with one attached hydrogen (secondary N) is 2. The van der Waals surface area contributed by atoms with Crippen LogP contribution in [0.2, 0.25) is 10.0 Å². The number of aryl methyl sites for hydroxylation is 1. The Morgan fingerprint density at radius 2 is 1.58 bits per heavy atom.